The van der Waals surface area contributed by atoms with Crippen LogP contribution in [0, 0.1) is 0 Å². The molecule has 6 atom stereocenters. The molecule has 1 rings (SSSR count). The van der Waals surface area contributed by atoms with Crippen LogP contribution in [0.1, 0.15) is 20.3 Å². The van der Waals surface area contributed by atoms with Gasteiger partial charge in [-0.05, 0) is 0 Å². The quantitative estimate of drug-likeness (QED) is 0.265. The molecule has 1 fully saturated rings. The van der Waals surface area contributed by atoms with Crippen LogP contribution in [0.2, 0.25) is 0 Å². The molecule has 1 aliphatic heterocycles. The summed E-state index contributed by atoms with van der Waals surface area (Å²) in [6.45, 7) is 1.55. The summed E-state index contributed by atoms with van der Waals surface area (Å²) in [6.07, 6.45) is -7.61. The number of aliphatic carboxylic acids is 1. The molecular weight excluding hydrogens is 330 g/mol. The number of rotatable bonds is 6. The highest BCUT2D eigenvalue weighted by molar-refractivity contribution is 5.76. The van der Waals surface area contributed by atoms with E-state index < -0.39 is 67.1 Å². The number of nitrogens with one attached hydrogen (secondary N) is 1. The molecule has 1 heterocycles. The molecule has 1 aliphatic rings. The molecular formula is C13H21NO10. The number of aliphatic hydroxyl groups excluding tert-OH is 3. The molecule has 0 radical (unpaired) electrons. The number of carboxylic acids is 1. The van der Waals surface area contributed by atoms with Gasteiger partial charge in [-0.3, -0.25) is 9.59 Å². The summed E-state index contributed by atoms with van der Waals surface area (Å²) >= 11 is 0. The minimum Gasteiger partial charge on any atom is -0.477 e. The number of hydrogen-bond donors (Lipinski definition) is 6. The molecule has 0 unspecified atom stereocenters. The summed E-state index contributed by atoms with van der Waals surface area (Å²) in [6, 6.07) is -1.30. The number of carbonyl (C=O) groups excluding carboxylic acids is 2. The van der Waals surface area contributed by atoms with E-state index in [0.29, 0.717) is 0 Å². The zero-order valence-corrected chi connectivity index (χ0v) is 13.1. The third kappa shape index (κ3) is 4.85. The van der Waals surface area contributed by atoms with Crippen molar-refractivity contribution in [1.82, 2.24) is 5.32 Å². The average Bonchev–Trinajstić information content (AvgIpc) is 2.46. The normalized spacial score (nSPS) is 32.5. The van der Waals surface area contributed by atoms with Gasteiger partial charge in [-0.25, -0.2) is 4.79 Å². The first kappa shape index (κ1) is 20.3. The summed E-state index contributed by atoms with van der Waals surface area (Å²) in [5.41, 5.74) is 0. The molecule has 1 amide bonds. The van der Waals surface area contributed by atoms with E-state index in [1.807, 2.05) is 0 Å². The fraction of sp³-hybridized carbons (Fsp3) is 0.769. The van der Waals surface area contributed by atoms with Crippen LogP contribution in [-0.2, 0) is 23.9 Å². The molecule has 0 saturated carbocycles. The third-order valence-electron chi connectivity index (χ3n) is 3.48. The van der Waals surface area contributed by atoms with Gasteiger partial charge in [-0.1, -0.05) is 0 Å². The SMILES string of the molecule is CC(=O)N[C@H]1[C@H]([C@H](O)[C@@H](O)COC(C)=O)O[C@](O)(C(=O)O)C[C@@H]1O. The van der Waals surface area contributed by atoms with Gasteiger partial charge >= 0.3 is 11.9 Å². The molecule has 6 N–H and O–H groups in total. The molecule has 11 nitrogen and oxygen atoms in total. The van der Waals surface area contributed by atoms with Gasteiger partial charge in [0.15, 0.2) is 0 Å². The van der Waals surface area contributed by atoms with Crippen molar-refractivity contribution in [3.63, 3.8) is 0 Å². The Hall–Kier alpha value is -1.79. The van der Waals surface area contributed by atoms with Gasteiger partial charge in [0, 0.05) is 20.3 Å². The highest BCUT2D eigenvalue weighted by atomic mass is 16.7. The topological polar surface area (TPSA) is 183 Å². The molecule has 0 aromatic heterocycles. The monoisotopic (exact) mass is 351 g/mol. The number of esters is 1. The van der Waals surface area contributed by atoms with Crippen LogP contribution < -0.4 is 5.32 Å². The summed E-state index contributed by atoms with van der Waals surface area (Å²) in [5, 5.41) is 51.2. The summed E-state index contributed by atoms with van der Waals surface area (Å²) in [4.78, 5) is 33.1. The molecule has 0 aromatic carbocycles. The second kappa shape index (κ2) is 7.85. The number of carbonyl (C=O) groups is 3. The van der Waals surface area contributed by atoms with Gasteiger partial charge in [0.25, 0.3) is 5.79 Å². The van der Waals surface area contributed by atoms with Crippen molar-refractivity contribution in [2.75, 3.05) is 6.61 Å². The van der Waals surface area contributed by atoms with Crippen LogP contribution in [0.15, 0.2) is 0 Å². The van der Waals surface area contributed by atoms with E-state index in [0.717, 1.165) is 13.8 Å². The molecule has 138 valence electrons. The number of carboxylic acid groups (broad SMARTS) is 1. The van der Waals surface area contributed by atoms with Gasteiger partial charge in [-0.15, -0.1) is 0 Å². The van der Waals surface area contributed by atoms with Crippen molar-refractivity contribution in [1.29, 1.82) is 0 Å². The smallest absolute Gasteiger partial charge is 0.364 e. The maximum atomic E-state index is 11.2. The Labute approximate surface area is 136 Å². The molecule has 24 heavy (non-hydrogen) atoms. The lowest BCUT2D eigenvalue weighted by Crippen LogP contribution is -2.67. The maximum absolute atomic E-state index is 11.2. The number of aliphatic hydroxyl groups is 4. The van der Waals surface area contributed by atoms with Crippen molar-refractivity contribution in [2.45, 2.75) is 56.5 Å². The predicted molar refractivity (Wildman–Crippen MR) is 74.3 cm³/mol. The molecule has 11 heteroatoms. The fourth-order valence-corrected chi connectivity index (χ4v) is 2.33. The first-order valence-electron chi connectivity index (χ1n) is 7.06. The van der Waals surface area contributed by atoms with E-state index in [1.165, 1.54) is 0 Å². The second-order valence-electron chi connectivity index (χ2n) is 5.53. The molecule has 0 aliphatic carbocycles. The van der Waals surface area contributed by atoms with Crippen LogP contribution in [-0.4, -0.2) is 86.2 Å². The van der Waals surface area contributed by atoms with E-state index in [1.54, 1.807) is 0 Å². The Balaban J connectivity index is 3.01. The third-order valence-corrected chi connectivity index (χ3v) is 3.48. The summed E-state index contributed by atoms with van der Waals surface area (Å²) in [7, 11) is 0. The Kier molecular flexibility index (Phi) is 6.63. The van der Waals surface area contributed by atoms with Crippen molar-refractivity contribution < 1.29 is 49.4 Å². The Bertz CT molecular complexity index is 497. The van der Waals surface area contributed by atoms with Gasteiger partial charge < -0.3 is 40.3 Å². The average molecular weight is 351 g/mol. The zero-order valence-electron chi connectivity index (χ0n) is 13.1. The predicted octanol–water partition coefficient (Wildman–Crippen LogP) is -3.30. The first-order valence-corrected chi connectivity index (χ1v) is 7.06. The van der Waals surface area contributed by atoms with Crippen LogP contribution in [0.4, 0.5) is 0 Å². The van der Waals surface area contributed by atoms with Gasteiger partial charge in [-0.2, -0.15) is 0 Å². The lowest BCUT2D eigenvalue weighted by atomic mass is 9.88. The number of ether oxygens (including phenoxy) is 2. The Morgan fingerprint density at radius 3 is 2.38 bits per heavy atom. The van der Waals surface area contributed by atoms with Crippen molar-refractivity contribution in [3.8, 4) is 0 Å². The zero-order chi connectivity index (χ0) is 18.7. The lowest BCUT2D eigenvalue weighted by Gasteiger charge is -2.44. The largest absolute Gasteiger partial charge is 0.477 e. The first-order chi connectivity index (χ1) is 11.0. The molecule has 1 saturated heterocycles. The highest BCUT2D eigenvalue weighted by Crippen LogP contribution is 2.30. The lowest BCUT2D eigenvalue weighted by molar-refractivity contribution is -0.295. The number of amides is 1. The van der Waals surface area contributed by atoms with E-state index in [2.05, 4.69) is 10.1 Å². The van der Waals surface area contributed by atoms with Gasteiger partial charge in [0.1, 0.15) is 24.9 Å². The second-order valence-corrected chi connectivity index (χ2v) is 5.53. The van der Waals surface area contributed by atoms with Gasteiger partial charge in [0.2, 0.25) is 5.91 Å². The van der Waals surface area contributed by atoms with E-state index in [-0.39, 0.29) is 0 Å². The maximum Gasteiger partial charge on any atom is 0.364 e. The van der Waals surface area contributed by atoms with Gasteiger partial charge in [0.05, 0.1) is 12.1 Å². The van der Waals surface area contributed by atoms with Crippen LogP contribution in [0.25, 0.3) is 0 Å². The number of hydrogen-bond acceptors (Lipinski definition) is 9. The minimum atomic E-state index is -2.82. The molecule has 0 spiro atoms. The molecule has 0 aromatic rings. The van der Waals surface area contributed by atoms with E-state index >= 15 is 0 Å². The Morgan fingerprint density at radius 1 is 1.33 bits per heavy atom. The standard InChI is InChI=1S/C13H21NO10/c1-5(15)14-9-7(17)3-13(22,12(20)21)24-11(9)10(19)8(18)4-23-6(2)16/h7-11,17-19,22H,3-4H2,1-2H3,(H,14,15)(H,20,21)/t7-,8-,9+,10+,11+,13-/m0/s1. The van der Waals surface area contributed by atoms with Crippen LogP contribution in [0.3, 0.4) is 0 Å². The van der Waals surface area contributed by atoms with E-state index in [4.69, 9.17) is 9.84 Å². The summed E-state index contributed by atoms with van der Waals surface area (Å²) in [5.74, 6) is -5.97. The summed E-state index contributed by atoms with van der Waals surface area (Å²) < 4.78 is 9.46. The van der Waals surface area contributed by atoms with Crippen LogP contribution in [0.5, 0.6) is 0 Å². The van der Waals surface area contributed by atoms with Crippen molar-refractivity contribution in [2.24, 2.45) is 0 Å². The van der Waals surface area contributed by atoms with E-state index in [9.17, 15) is 34.8 Å². The fourth-order valence-electron chi connectivity index (χ4n) is 2.33. The van der Waals surface area contributed by atoms with Crippen molar-refractivity contribution >= 4 is 17.8 Å². The highest BCUT2D eigenvalue weighted by Gasteiger charge is 2.53. The van der Waals surface area contributed by atoms with Crippen molar-refractivity contribution in [3.05, 3.63) is 0 Å². The Morgan fingerprint density at radius 2 is 1.92 bits per heavy atom. The minimum absolute atomic E-state index is 0.616. The van der Waals surface area contributed by atoms with Crippen LogP contribution >= 0.6 is 0 Å². The molecule has 0 bridgehead atoms.